The Hall–Kier alpha value is -1.07. The molecule has 2 N–H and O–H groups in total. The minimum atomic E-state index is -4.31. The fraction of sp³-hybridized carbons (Fsp3) is 0.611. The van der Waals surface area contributed by atoms with Crippen LogP contribution in [0.4, 0.5) is 13.2 Å². The lowest BCUT2D eigenvalue weighted by atomic mass is 9.88. The van der Waals surface area contributed by atoms with Crippen LogP contribution in [0, 0.1) is 0 Å². The molecule has 5 nitrogen and oxygen atoms in total. The smallest absolute Gasteiger partial charge is 0.381 e. The number of aliphatic imine (C=N–C) groups is 1. The van der Waals surface area contributed by atoms with Crippen molar-refractivity contribution in [3.8, 4) is 0 Å². The molecule has 1 heterocycles. The summed E-state index contributed by atoms with van der Waals surface area (Å²) in [6, 6.07) is 5.14. The average Bonchev–Trinajstić information content (AvgIpc) is 2.62. The number of likely N-dealkylation sites (N-methyl/N-ethyl adjacent to an activating group) is 1. The van der Waals surface area contributed by atoms with Crippen molar-refractivity contribution in [2.24, 2.45) is 4.99 Å². The van der Waals surface area contributed by atoms with Gasteiger partial charge in [0.15, 0.2) is 5.96 Å². The molecular weight excluding hydrogens is 472 g/mol. The van der Waals surface area contributed by atoms with Crippen molar-refractivity contribution in [3.05, 3.63) is 35.4 Å². The van der Waals surface area contributed by atoms with E-state index >= 15 is 0 Å². The zero-order chi connectivity index (χ0) is 19.2. The number of rotatable bonds is 5. The summed E-state index contributed by atoms with van der Waals surface area (Å²) in [5, 5.41) is 6.48. The van der Waals surface area contributed by atoms with E-state index in [4.69, 9.17) is 4.74 Å². The third-order valence-corrected chi connectivity index (χ3v) is 4.92. The number of nitrogens with zero attached hydrogens (tertiary/aromatic N) is 2. The van der Waals surface area contributed by atoms with Crippen LogP contribution in [-0.4, -0.2) is 57.3 Å². The Morgan fingerprint density at radius 3 is 2.22 bits per heavy atom. The summed E-state index contributed by atoms with van der Waals surface area (Å²) in [4.78, 5) is 6.41. The van der Waals surface area contributed by atoms with E-state index in [1.807, 2.05) is 0 Å². The summed E-state index contributed by atoms with van der Waals surface area (Å²) in [5.74, 6) is 0.623. The van der Waals surface area contributed by atoms with E-state index in [2.05, 4.69) is 34.6 Å². The van der Waals surface area contributed by atoms with E-state index in [-0.39, 0.29) is 29.5 Å². The molecule has 154 valence electrons. The molecule has 0 spiro atoms. The van der Waals surface area contributed by atoms with Gasteiger partial charge in [0.05, 0.1) is 5.56 Å². The number of guanidine groups is 1. The van der Waals surface area contributed by atoms with Gasteiger partial charge in [-0.3, -0.25) is 4.99 Å². The standard InChI is InChI=1S/C18H27F3N4O.HI/c1-22-16(24-13-17(25(2)3)8-10-26-11-9-17)23-12-14-4-6-15(7-5-14)18(19,20)21;/h4-7H,8-13H2,1-3H3,(H2,22,23,24);1H. The molecule has 0 bridgehead atoms. The molecule has 27 heavy (non-hydrogen) atoms. The number of nitrogens with one attached hydrogen (secondary N) is 2. The number of halogens is 4. The fourth-order valence-electron chi connectivity index (χ4n) is 3.00. The van der Waals surface area contributed by atoms with Gasteiger partial charge in [0.25, 0.3) is 0 Å². The van der Waals surface area contributed by atoms with E-state index in [1.165, 1.54) is 12.1 Å². The predicted molar refractivity (Wildman–Crippen MR) is 112 cm³/mol. The molecular formula is C18H28F3IN4O. The molecule has 0 atom stereocenters. The molecule has 0 radical (unpaired) electrons. The first-order valence-electron chi connectivity index (χ1n) is 8.63. The lowest BCUT2D eigenvalue weighted by Gasteiger charge is -2.43. The average molecular weight is 500 g/mol. The van der Waals surface area contributed by atoms with E-state index in [1.54, 1.807) is 7.05 Å². The van der Waals surface area contributed by atoms with Gasteiger partial charge in [-0.2, -0.15) is 13.2 Å². The quantitative estimate of drug-likeness (QED) is 0.371. The van der Waals surface area contributed by atoms with Crippen molar-refractivity contribution in [1.82, 2.24) is 15.5 Å². The first-order chi connectivity index (χ1) is 12.3. The second kappa shape index (κ2) is 10.5. The molecule has 1 aromatic carbocycles. The van der Waals surface area contributed by atoms with Crippen LogP contribution in [0.5, 0.6) is 0 Å². The Morgan fingerprint density at radius 1 is 1.15 bits per heavy atom. The van der Waals surface area contributed by atoms with Gasteiger partial charge in [-0.05, 0) is 44.6 Å². The summed E-state index contributed by atoms with van der Waals surface area (Å²) < 4.78 is 43.3. The second-order valence-electron chi connectivity index (χ2n) is 6.71. The van der Waals surface area contributed by atoms with Gasteiger partial charge in [0.1, 0.15) is 0 Å². The van der Waals surface area contributed by atoms with Crippen LogP contribution < -0.4 is 10.6 Å². The van der Waals surface area contributed by atoms with Crippen LogP contribution in [-0.2, 0) is 17.5 Å². The van der Waals surface area contributed by atoms with Crippen molar-refractivity contribution in [3.63, 3.8) is 0 Å². The third kappa shape index (κ3) is 6.79. The zero-order valence-corrected chi connectivity index (χ0v) is 18.2. The molecule has 0 unspecified atom stereocenters. The van der Waals surface area contributed by atoms with Gasteiger partial charge in [-0.1, -0.05) is 12.1 Å². The van der Waals surface area contributed by atoms with Gasteiger partial charge in [0, 0.05) is 38.9 Å². The van der Waals surface area contributed by atoms with Crippen molar-refractivity contribution >= 4 is 29.9 Å². The van der Waals surface area contributed by atoms with Gasteiger partial charge in [0.2, 0.25) is 0 Å². The highest BCUT2D eigenvalue weighted by molar-refractivity contribution is 14.0. The molecule has 1 saturated heterocycles. The molecule has 1 fully saturated rings. The van der Waals surface area contributed by atoms with Crippen LogP contribution in [0.2, 0.25) is 0 Å². The Bertz CT molecular complexity index is 600. The largest absolute Gasteiger partial charge is 0.416 e. The van der Waals surface area contributed by atoms with Crippen LogP contribution in [0.15, 0.2) is 29.3 Å². The summed E-state index contributed by atoms with van der Waals surface area (Å²) >= 11 is 0. The Morgan fingerprint density at radius 2 is 1.74 bits per heavy atom. The predicted octanol–water partition coefficient (Wildman–Crippen LogP) is 3.10. The summed E-state index contributed by atoms with van der Waals surface area (Å²) in [6.45, 7) is 2.58. The highest BCUT2D eigenvalue weighted by Gasteiger charge is 2.34. The first kappa shape index (κ1) is 24.0. The Labute approximate surface area is 175 Å². The third-order valence-electron chi connectivity index (χ3n) is 4.92. The van der Waals surface area contributed by atoms with E-state index in [0.717, 1.165) is 50.3 Å². The molecule has 9 heteroatoms. The van der Waals surface area contributed by atoms with E-state index < -0.39 is 11.7 Å². The monoisotopic (exact) mass is 500 g/mol. The molecule has 0 saturated carbocycles. The maximum atomic E-state index is 12.6. The lowest BCUT2D eigenvalue weighted by Crippen LogP contribution is -2.57. The zero-order valence-electron chi connectivity index (χ0n) is 15.9. The van der Waals surface area contributed by atoms with Gasteiger partial charge in [-0.25, -0.2) is 0 Å². The highest BCUT2D eigenvalue weighted by atomic mass is 127. The molecule has 2 rings (SSSR count). The normalized spacial score (nSPS) is 17.4. The van der Waals surface area contributed by atoms with Crippen LogP contribution >= 0.6 is 24.0 Å². The number of ether oxygens (including phenoxy) is 1. The molecule has 0 aromatic heterocycles. The van der Waals surface area contributed by atoms with Gasteiger partial charge in [-0.15, -0.1) is 24.0 Å². The van der Waals surface area contributed by atoms with E-state index in [9.17, 15) is 13.2 Å². The van der Waals surface area contributed by atoms with Gasteiger partial charge < -0.3 is 20.3 Å². The van der Waals surface area contributed by atoms with Crippen LogP contribution in [0.25, 0.3) is 0 Å². The second-order valence-corrected chi connectivity index (χ2v) is 6.71. The molecule has 1 aromatic rings. The highest BCUT2D eigenvalue weighted by Crippen LogP contribution is 2.29. The topological polar surface area (TPSA) is 48.9 Å². The van der Waals surface area contributed by atoms with Crippen molar-refractivity contribution in [2.45, 2.75) is 31.1 Å². The van der Waals surface area contributed by atoms with Crippen molar-refractivity contribution in [1.29, 1.82) is 0 Å². The van der Waals surface area contributed by atoms with Crippen LogP contribution in [0.1, 0.15) is 24.0 Å². The summed E-state index contributed by atoms with van der Waals surface area (Å²) in [7, 11) is 5.80. The number of hydrogen-bond donors (Lipinski definition) is 2. The number of hydrogen-bond acceptors (Lipinski definition) is 3. The SMILES string of the molecule is CN=C(NCc1ccc(C(F)(F)F)cc1)NCC1(N(C)C)CCOCC1.I. The van der Waals surface area contributed by atoms with Crippen molar-refractivity contribution < 1.29 is 17.9 Å². The first-order valence-corrected chi connectivity index (χ1v) is 8.63. The number of benzene rings is 1. The van der Waals surface area contributed by atoms with Gasteiger partial charge >= 0.3 is 6.18 Å². The Balaban J connectivity index is 0.00000364. The minimum absolute atomic E-state index is 0. The lowest BCUT2D eigenvalue weighted by molar-refractivity contribution is -0.137. The summed E-state index contributed by atoms with van der Waals surface area (Å²) in [5.41, 5.74) is 0.120. The molecule has 1 aliphatic heterocycles. The maximum absolute atomic E-state index is 12.6. The molecule has 0 amide bonds. The number of alkyl halides is 3. The molecule has 1 aliphatic rings. The van der Waals surface area contributed by atoms with Crippen molar-refractivity contribution in [2.75, 3.05) is 40.9 Å². The fourth-order valence-corrected chi connectivity index (χ4v) is 3.00. The Kier molecular flexibility index (Phi) is 9.29. The maximum Gasteiger partial charge on any atom is 0.416 e. The summed E-state index contributed by atoms with van der Waals surface area (Å²) in [6.07, 6.45) is -2.44. The van der Waals surface area contributed by atoms with Crippen LogP contribution in [0.3, 0.4) is 0 Å². The molecule has 0 aliphatic carbocycles. The van der Waals surface area contributed by atoms with E-state index in [0.29, 0.717) is 12.5 Å². The minimum Gasteiger partial charge on any atom is -0.381 e.